The summed E-state index contributed by atoms with van der Waals surface area (Å²) in [6.45, 7) is 3.94. The Hall–Kier alpha value is -2.38. The standard InChI is InChI=1S/C19H25N3O3S/c1-5-15-8-6-7-9-17(15)21-19(23)13-20-18-12-16(11-10-14(18)2)26(24,25)22(3)4/h6-12,20H,5,13H2,1-4H3,(H,21,23). The van der Waals surface area contributed by atoms with Crippen molar-refractivity contribution in [2.24, 2.45) is 0 Å². The highest BCUT2D eigenvalue weighted by molar-refractivity contribution is 7.89. The molecule has 26 heavy (non-hydrogen) atoms. The fraction of sp³-hybridized carbons (Fsp3) is 0.316. The number of benzene rings is 2. The Balaban J connectivity index is 2.10. The van der Waals surface area contributed by atoms with Crippen LogP contribution in [0.1, 0.15) is 18.1 Å². The van der Waals surface area contributed by atoms with E-state index in [0.29, 0.717) is 5.69 Å². The van der Waals surface area contributed by atoms with E-state index in [1.807, 2.05) is 38.1 Å². The fourth-order valence-electron chi connectivity index (χ4n) is 2.48. The molecule has 0 bridgehead atoms. The summed E-state index contributed by atoms with van der Waals surface area (Å²) in [5, 5.41) is 5.91. The minimum atomic E-state index is -3.52. The molecule has 0 aliphatic carbocycles. The van der Waals surface area contributed by atoms with Crippen molar-refractivity contribution in [3.05, 3.63) is 53.6 Å². The van der Waals surface area contributed by atoms with Crippen molar-refractivity contribution >= 4 is 27.3 Å². The molecule has 1 amide bonds. The predicted molar refractivity (Wildman–Crippen MR) is 105 cm³/mol. The molecule has 0 spiro atoms. The lowest BCUT2D eigenvalue weighted by Crippen LogP contribution is -2.24. The topological polar surface area (TPSA) is 78.5 Å². The molecule has 0 fully saturated rings. The Morgan fingerprint density at radius 1 is 1.08 bits per heavy atom. The minimum absolute atomic E-state index is 0.0460. The second-order valence-corrected chi connectivity index (χ2v) is 8.33. The van der Waals surface area contributed by atoms with Gasteiger partial charge in [-0.3, -0.25) is 4.79 Å². The first-order valence-corrected chi connectivity index (χ1v) is 9.84. The van der Waals surface area contributed by atoms with Gasteiger partial charge in [-0.05, 0) is 42.7 Å². The number of anilines is 2. The van der Waals surface area contributed by atoms with Gasteiger partial charge in [0, 0.05) is 25.5 Å². The number of hydrogen-bond acceptors (Lipinski definition) is 4. The zero-order valence-electron chi connectivity index (χ0n) is 15.5. The Morgan fingerprint density at radius 3 is 2.42 bits per heavy atom. The summed E-state index contributed by atoms with van der Waals surface area (Å²) in [6, 6.07) is 12.5. The lowest BCUT2D eigenvalue weighted by molar-refractivity contribution is -0.114. The van der Waals surface area contributed by atoms with E-state index in [1.165, 1.54) is 14.1 Å². The number of amides is 1. The maximum Gasteiger partial charge on any atom is 0.243 e. The first kappa shape index (κ1) is 19.9. The Morgan fingerprint density at radius 2 is 1.77 bits per heavy atom. The number of nitrogens with one attached hydrogen (secondary N) is 2. The van der Waals surface area contributed by atoms with Crippen LogP contribution in [0.2, 0.25) is 0 Å². The molecule has 2 rings (SSSR count). The molecule has 0 aromatic heterocycles. The molecular weight excluding hydrogens is 350 g/mol. The van der Waals surface area contributed by atoms with Gasteiger partial charge in [0.15, 0.2) is 0 Å². The molecule has 0 saturated heterocycles. The van der Waals surface area contributed by atoms with E-state index < -0.39 is 10.0 Å². The van der Waals surface area contributed by atoms with Gasteiger partial charge in [-0.1, -0.05) is 31.2 Å². The number of nitrogens with zero attached hydrogens (tertiary/aromatic N) is 1. The van der Waals surface area contributed by atoms with Crippen molar-refractivity contribution in [2.75, 3.05) is 31.3 Å². The van der Waals surface area contributed by atoms with E-state index in [4.69, 9.17) is 0 Å². The third-order valence-corrected chi connectivity index (χ3v) is 5.91. The van der Waals surface area contributed by atoms with Gasteiger partial charge in [0.25, 0.3) is 0 Å². The number of rotatable bonds is 7. The summed E-state index contributed by atoms with van der Waals surface area (Å²) < 4.78 is 25.7. The molecule has 0 unspecified atom stereocenters. The van der Waals surface area contributed by atoms with Crippen LogP contribution in [0.3, 0.4) is 0 Å². The number of hydrogen-bond donors (Lipinski definition) is 2. The van der Waals surface area contributed by atoms with Crippen molar-refractivity contribution < 1.29 is 13.2 Å². The highest BCUT2D eigenvalue weighted by Crippen LogP contribution is 2.22. The third-order valence-electron chi connectivity index (χ3n) is 4.10. The van der Waals surface area contributed by atoms with E-state index in [9.17, 15) is 13.2 Å². The number of carbonyl (C=O) groups excluding carboxylic acids is 1. The molecule has 0 saturated carbocycles. The quantitative estimate of drug-likeness (QED) is 0.780. The van der Waals surface area contributed by atoms with Crippen LogP contribution in [-0.4, -0.2) is 39.3 Å². The van der Waals surface area contributed by atoms with Crippen LogP contribution in [0.4, 0.5) is 11.4 Å². The van der Waals surface area contributed by atoms with Gasteiger partial charge in [-0.15, -0.1) is 0 Å². The molecular formula is C19H25N3O3S. The normalized spacial score (nSPS) is 11.4. The maximum atomic E-state index is 12.3. The molecule has 0 radical (unpaired) electrons. The third kappa shape index (κ3) is 4.62. The van der Waals surface area contributed by atoms with Crippen LogP contribution in [0.5, 0.6) is 0 Å². The van der Waals surface area contributed by atoms with Crippen LogP contribution in [0.25, 0.3) is 0 Å². The Bertz CT molecular complexity index is 893. The monoisotopic (exact) mass is 375 g/mol. The first-order valence-electron chi connectivity index (χ1n) is 8.40. The van der Waals surface area contributed by atoms with Crippen LogP contribution < -0.4 is 10.6 Å². The average Bonchev–Trinajstić information content (AvgIpc) is 2.61. The predicted octanol–water partition coefficient (Wildman–Crippen LogP) is 2.86. The Labute approximate surface area is 155 Å². The average molecular weight is 375 g/mol. The first-order chi connectivity index (χ1) is 12.3. The summed E-state index contributed by atoms with van der Waals surface area (Å²) in [5.41, 5.74) is 3.34. The highest BCUT2D eigenvalue weighted by Gasteiger charge is 2.18. The van der Waals surface area contributed by atoms with Crippen LogP contribution in [0.15, 0.2) is 47.4 Å². The molecule has 0 aliphatic heterocycles. The van der Waals surface area contributed by atoms with Crippen LogP contribution >= 0.6 is 0 Å². The van der Waals surface area contributed by atoms with Gasteiger partial charge in [0.1, 0.15) is 0 Å². The summed E-state index contributed by atoms with van der Waals surface area (Å²) in [5.74, 6) is -0.189. The number of para-hydroxylation sites is 1. The van der Waals surface area contributed by atoms with Gasteiger partial charge < -0.3 is 10.6 Å². The number of carbonyl (C=O) groups is 1. The smallest absolute Gasteiger partial charge is 0.243 e. The zero-order chi connectivity index (χ0) is 19.3. The highest BCUT2D eigenvalue weighted by atomic mass is 32.2. The van der Waals surface area contributed by atoms with Crippen molar-refractivity contribution in [1.29, 1.82) is 0 Å². The van der Waals surface area contributed by atoms with Gasteiger partial charge in [0.05, 0.1) is 11.4 Å². The van der Waals surface area contributed by atoms with E-state index >= 15 is 0 Å². The van der Waals surface area contributed by atoms with Crippen molar-refractivity contribution in [3.8, 4) is 0 Å². The molecule has 2 aromatic carbocycles. The second kappa shape index (κ2) is 8.33. The lowest BCUT2D eigenvalue weighted by atomic mass is 10.1. The maximum absolute atomic E-state index is 12.3. The van der Waals surface area contributed by atoms with Crippen LogP contribution in [-0.2, 0) is 21.2 Å². The van der Waals surface area contributed by atoms with Gasteiger partial charge in [-0.25, -0.2) is 12.7 Å². The zero-order valence-corrected chi connectivity index (χ0v) is 16.4. The molecule has 0 aliphatic rings. The van der Waals surface area contributed by atoms with E-state index in [-0.39, 0.29) is 17.3 Å². The molecule has 0 heterocycles. The second-order valence-electron chi connectivity index (χ2n) is 6.18. The summed E-state index contributed by atoms with van der Waals surface area (Å²) >= 11 is 0. The van der Waals surface area contributed by atoms with Crippen molar-refractivity contribution in [3.63, 3.8) is 0 Å². The largest absolute Gasteiger partial charge is 0.376 e. The van der Waals surface area contributed by atoms with Gasteiger partial charge >= 0.3 is 0 Å². The summed E-state index contributed by atoms with van der Waals surface area (Å²) in [6.07, 6.45) is 0.827. The van der Waals surface area contributed by atoms with Gasteiger partial charge in [0.2, 0.25) is 15.9 Å². The fourth-order valence-corrected chi connectivity index (χ4v) is 3.41. The minimum Gasteiger partial charge on any atom is -0.376 e. The molecule has 7 heteroatoms. The van der Waals surface area contributed by atoms with Crippen molar-refractivity contribution in [1.82, 2.24) is 4.31 Å². The molecule has 2 N–H and O–H groups in total. The Kier molecular flexibility index (Phi) is 6.39. The lowest BCUT2D eigenvalue weighted by Gasteiger charge is -2.15. The molecule has 0 atom stereocenters. The van der Waals surface area contributed by atoms with E-state index in [2.05, 4.69) is 10.6 Å². The molecule has 2 aromatic rings. The summed E-state index contributed by atoms with van der Waals surface area (Å²) in [7, 11) is -0.545. The SMILES string of the molecule is CCc1ccccc1NC(=O)CNc1cc(S(=O)(=O)N(C)C)ccc1C. The van der Waals surface area contributed by atoms with Crippen molar-refractivity contribution in [2.45, 2.75) is 25.2 Å². The summed E-state index contributed by atoms with van der Waals surface area (Å²) in [4.78, 5) is 12.4. The van der Waals surface area contributed by atoms with E-state index in [0.717, 1.165) is 27.5 Å². The molecule has 6 nitrogen and oxygen atoms in total. The van der Waals surface area contributed by atoms with Crippen LogP contribution in [0, 0.1) is 6.92 Å². The number of aryl methyl sites for hydroxylation is 2. The molecule has 140 valence electrons. The van der Waals surface area contributed by atoms with Gasteiger partial charge in [-0.2, -0.15) is 0 Å². The number of sulfonamides is 1. The van der Waals surface area contributed by atoms with E-state index in [1.54, 1.807) is 18.2 Å².